The normalized spacial score (nSPS) is 11.7. The lowest BCUT2D eigenvalue weighted by Gasteiger charge is -2.22. The summed E-state index contributed by atoms with van der Waals surface area (Å²) in [6, 6.07) is 80.5. The van der Waals surface area contributed by atoms with Gasteiger partial charge in [-0.15, -0.1) is 0 Å². The highest BCUT2D eigenvalue weighted by atomic mass is 15.1. The zero-order chi connectivity index (χ0) is 46.6. The number of hydrogen-bond acceptors (Lipinski definition) is 3. The molecule has 0 saturated heterocycles. The second-order valence-electron chi connectivity index (χ2n) is 17.8. The van der Waals surface area contributed by atoms with E-state index in [9.17, 15) is 15.8 Å². The van der Waals surface area contributed by atoms with E-state index in [4.69, 9.17) is 0 Å². The molecule has 0 saturated carbocycles. The molecule has 0 bridgehead atoms. The Morgan fingerprint density at radius 1 is 0.271 bits per heavy atom. The maximum Gasteiger partial charge on any atom is 0.0993 e. The number of benzene rings is 10. The first-order valence-corrected chi connectivity index (χ1v) is 23.2. The fourth-order valence-corrected chi connectivity index (χ4v) is 11.4. The van der Waals surface area contributed by atoms with Crippen LogP contribution in [-0.2, 0) is 0 Å². The molecule has 0 atom stereocenters. The van der Waals surface area contributed by atoms with Gasteiger partial charge in [0.2, 0.25) is 0 Å². The molecule has 4 heterocycles. The third-order valence-electron chi connectivity index (χ3n) is 14.2. The first-order chi connectivity index (χ1) is 34.6. The number of nitriles is 3. The van der Waals surface area contributed by atoms with Crippen LogP contribution in [0.4, 0.5) is 0 Å². The average molecular weight is 890 g/mol. The van der Waals surface area contributed by atoms with Gasteiger partial charge in [0.1, 0.15) is 0 Å². The second-order valence-corrected chi connectivity index (χ2v) is 17.8. The number of nitrogens with zero attached hydrogens (tertiary/aromatic N) is 7. The van der Waals surface area contributed by atoms with E-state index in [2.05, 4.69) is 206 Å². The van der Waals surface area contributed by atoms with E-state index in [1.54, 1.807) is 6.07 Å². The predicted molar refractivity (Wildman–Crippen MR) is 283 cm³/mol. The van der Waals surface area contributed by atoms with Gasteiger partial charge in [-0.05, 0) is 84.4 Å². The van der Waals surface area contributed by atoms with Crippen LogP contribution in [0, 0.1) is 34.0 Å². The highest BCUT2D eigenvalue weighted by molar-refractivity contribution is 6.26. The minimum absolute atomic E-state index is 0.359. The van der Waals surface area contributed by atoms with E-state index in [-0.39, 0.29) is 0 Å². The molecular formula is C63H35N7. The molecule has 10 aromatic carbocycles. The van der Waals surface area contributed by atoms with Crippen LogP contribution in [0.2, 0.25) is 0 Å². The van der Waals surface area contributed by atoms with Crippen molar-refractivity contribution in [1.82, 2.24) is 18.3 Å². The zero-order valence-corrected chi connectivity index (χ0v) is 37.3. The quantitative estimate of drug-likeness (QED) is 0.172. The van der Waals surface area contributed by atoms with Gasteiger partial charge < -0.3 is 18.3 Å². The lowest BCUT2D eigenvalue weighted by atomic mass is 9.95. The fraction of sp³-hybridized carbons (Fsp3) is 0. The van der Waals surface area contributed by atoms with Gasteiger partial charge in [-0.25, -0.2) is 0 Å². The Labute approximate surface area is 400 Å². The molecule has 0 N–H and O–H groups in total. The summed E-state index contributed by atoms with van der Waals surface area (Å²) in [5, 5.41) is 41.2. The molecule has 0 unspecified atom stereocenters. The van der Waals surface area contributed by atoms with Crippen molar-refractivity contribution in [3.8, 4) is 52.1 Å². The molecule has 0 fully saturated rings. The average Bonchev–Trinajstić information content (AvgIpc) is 4.16. The van der Waals surface area contributed by atoms with E-state index >= 15 is 0 Å². The highest BCUT2D eigenvalue weighted by Crippen LogP contribution is 2.48. The van der Waals surface area contributed by atoms with Crippen LogP contribution in [0.3, 0.4) is 0 Å². The summed E-state index contributed by atoms with van der Waals surface area (Å²) < 4.78 is 9.35. The second kappa shape index (κ2) is 14.9. The van der Waals surface area contributed by atoms with E-state index in [0.29, 0.717) is 22.3 Å². The monoisotopic (exact) mass is 889 g/mol. The molecule has 0 aliphatic carbocycles. The van der Waals surface area contributed by atoms with E-state index < -0.39 is 0 Å². The van der Waals surface area contributed by atoms with Crippen LogP contribution < -0.4 is 0 Å². The molecule has 4 aromatic heterocycles. The van der Waals surface area contributed by atoms with Gasteiger partial charge >= 0.3 is 0 Å². The van der Waals surface area contributed by atoms with Crippen LogP contribution in [0.25, 0.3) is 121 Å². The Morgan fingerprint density at radius 2 is 0.571 bits per heavy atom. The van der Waals surface area contributed by atoms with E-state index in [0.717, 1.165) is 116 Å². The van der Waals surface area contributed by atoms with Gasteiger partial charge in [-0.1, -0.05) is 133 Å². The first-order valence-electron chi connectivity index (χ1n) is 23.2. The van der Waals surface area contributed by atoms with Crippen molar-refractivity contribution in [1.29, 1.82) is 15.8 Å². The maximum absolute atomic E-state index is 11.3. The van der Waals surface area contributed by atoms with Crippen molar-refractivity contribution < 1.29 is 0 Å². The molecule has 0 aliphatic heterocycles. The zero-order valence-electron chi connectivity index (χ0n) is 37.3. The first kappa shape index (κ1) is 39.1. The molecule has 14 rings (SSSR count). The summed E-state index contributed by atoms with van der Waals surface area (Å²) in [6.45, 7) is 0. The number of rotatable bonds is 5. The summed E-state index contributed by atoms with van der Waals surface area (Å²) in [5.41, 5.74) is 14.1. The van der Waals surface area contributed by atoms with Gasteiger partial charge in [0, 0.05) is 60.0 Å². The third kappa shape index (κ3) is 5.42. The molecule has 0 amide bonds. The largest absolute Gasteiger partial charge is 0.307 e. The fourth-order valence-electron chi connectivity index (χ4n) is 11.4. The number of aromatic nitrogens is 4. The van der Waals surface area contributed by atoms with E-state index in [1.165, 1.54) is 0 Å². The van der Waals surface area contributed by atoms with Gasteiger partial charge in [0.25, 0.3) is 0 Å². The lowest BCUT2D eigenvalue weighted by molar-refractivity contribution is 1.12. The van der Waals surface area contributed by atoms with Crippen molar-refractivity contribution in [2.45, 2.75) is 0 Å². The Kier molecular flexibility index (Phi) is 8.34. The van der Waals surface area contributed by atoms with Crippen LogP contribution in [0.5, 0.6) is 0 Å². The van der Waals surface area contributed by atoms with Crippen LogP contribution >= 0.6 is 0 Å². The Bertz CT molecular complexity index is 4390. The van der Waals surface area contributed by atoms with Crippen molar-refractivity contribution in [3.05, 3.63) is 229 Å². The van der Waals surface area contributed by atoms with Crippen molar-refractivity contribution >= 4 is 87.2 Å². The molecule has 0 spiro atoms. The summed E-state index contributed by atoms with van der Waals surface area (Å²) in [5.74, 6) is 0. The smallest absolute Gasteiger partial charge is 0.0993 e. The van der Waals surface area contributed by atoms with Gasteiger partial charge in [0.15, 0.2) is 0 Å². The SMILES string of the molecule is N#Cc1cc(C#N)cc(-c2c(-n3c4ccccc4c4ccc5c6ccccc6n(-c6ccccc6)c5c43)cc(C#N)cc2-n2c3ccccc3c3ccc4c5ccccc5n(-c5ccccc5)c4c32)c1. The van der Waals surface area contributed by atoms with Gasteiger partial charge in [0.05, 0.1) is 90.4 Å². The standard InChI is InChI=1S/C63H35N7/c64-36-39-31-40(37-65)33-42(32-39)59-57(69-55-25-13-9-21-47(55)51-29-27-49-45-19-7-11-23-53(45)67(60(49)62(51)69)43-15-3-1-4-16-43)34-41(38-66)35-58(59)70-56-26-14-10-22-48(56)52-30-28-50-46-20-8-12-24-54(46)68(61(50)63(52)70)44-17-5-2-6-18-44/h1-35H. The number of para-hydroxylation sites is 6. The molecule has 0 radical (unpaired) electrons. The molecule has 7 heteroatoms. The van der Waals surface area contributed by atoms with Crippen molar-refractivity contribution in [2.24, 2.45) is 0 Å². The Morgan fingerprint density at radius 3 is 0.929 bits per heavy atom. The minimum Gasteiger partial charge on any atom is -0.307 e. The number of fused-ring (bicyclic) bond motifs is 14. The lowest BCUT2D eigenvalue weighted by Crippen LogP contribution is -2.07. The van der Waals surface area contributed by atoms with Gasteiger partial charge in [-0.2, -0.15) is 15.8 Å². The van der Waals surface area contributed by atoms with Crippen LogP contribution in [-0.4, -0.2) is 18.3 Å². The predicted octanol–water partition coefficient (Wildman–Crippen LogP) is 15.4. The molecule has 0 aliphatic rings. The summed E-state index contributed by atoms with van der Waals surface area (Å²) >= 11 is 0. The summed E-state index contributed by atoms with van der Waals surface area (Å²) in [7, 11) is 0. The highest BCUT2D eigenvalue weighted by Gasteiger charge is 2.28. The molecule has 70 heavy (non-hydrogen) atoms. The molecular weight excluding hydrogens is 855 g/mol. The van der Waals surface area contributed by atoms with Crippen molar-refractivity contribution in [2.75, 3.05) is 0 Å². The van der Waals surface area contributed by atoms with Crippen LogP contribution in [0.1, 0.15) is 16.7 Å². The van der Waals surface area contributed by atoms with E-state index in [1.807, 2.05) is 36.4 Å². The Hall–Kier alpha value is -10.1. The molecule has 322 valence electrons. The topological polar surface area (TPSA) is 91.1 Å². The Balaban J connectivity index is 1.24. The summed E-state index contributed by atoms with van der Waals surface area (Å²) in [6.07, 6.45) is 0. The number of hydrogen-bond donors (Lipinski definition) is 0. The van der Waals surface area contributed by atoms with Gasteiger partial charge in [-0.3, -0.25) is 0 Å². The van der Waals surface area contributed by atoms with Crippen molar-refractivity contribution in [3.63, 3.8) is 0 Å². The molecule has 7 nitrogen and oxygen atoms in total. The minimum atomic E-state index is 0.359. The third-order valence-corrected chi connectivity index (χ3v) is 14.2. The summed E-state index contributed by atoms with van der Waals surface area (Å²) in [4.78, 5) is 0. The maximum atomic E-state index is 11.3. The van der Waals surface area contributed by atoms with Crippen LogP contribution in [0.15, 0.2) is 212 Å². The molecule has 14 aromatic rings.